The van der Waals surface area contributed by atoms with Gasteiger partial charge in [0.05, 0.1) is 0 Å². The van der Waals surface area contributed by atoms with E-state index in [1.165, 1.54) is 24.9 Å². The predicted molar refractivity (Wildman–Crippen MR) is 101 cm³/mol. The van der Waals surface area contributed by atoms with Gasteiger partial charge >= 0.3 is 0 Å². The summed E-state index contributed by atoms with van der Waals surface area (Å²) in [4.78, 5) is 25.6. The topological polar surface area (TPSA) is 73.9 Å². The zero-order valence-electron chi connectivity index (χ0n) is 14.2. The minimum Gasteiger partial charge on any atom is -0.372 e. The van der Waals surface area contributed by atoms with Crippen molar-refractivity contribution in [1.82, 2.24) is 15.0 Å². The lowest BCUT2D eigenvalue weighted by Crippen LogP contribution is -2.29. The Balaban J connectivity index is 1.55. The van der Waals surface area contributed by atoms with Crippen molar-refractivity contribution in [2.75, 3.05) is 23.3 Å². The van der Waals surface area contributed by atoms with E-state index >= 15 is 0 Å². The molecule has 25 heavy (non-hydrogen) atoms. The van der Waals surface area contributed by atoms with Crippen molar-refractivity contribution in [3.8, 4) is 0 Å². The number of hydrogen-bond acceptors (Lipinski definition) is 5. The second-order valence-corrected chi connectivity index (χ2v) is 6.49. The molecule has 0 saturated carbocycles. The lowest BCUT2D eigenvalue weighted by Gasteiger charge is -2.28. The number of anilines is 3. The van der Waals surface area contributed by atoms with Crippen LogP contribution in [0.4, 0.5) is 17.3 Å². The Morgan fingerprint density at radius 2 is 1.88 bits per heavy atom. The van der Waals surface area contributed by atoms with E-state index in [-0.39, 0.29) is 5.56 Å². The fraction of sp³-hybridized carbons (Fsp3) is 0.316. The molecule has 0 radical (unpaired) electrons. The molecule has 3 aromatic rings. The monoisotopic (exact) mass is 335 g/mol. The van der Waals surface area contributed by atoms with Gasteiger partial charge in [0.15, 0.2) is 0 Å². The number of aromatic amines is 1. The molecule has 1 aromatic carbocycles. The van der Waals surface area contributed by atoms with Gasteiger partial charge in [-0.15, -0.1) is 0 Å². The van der Waals surface area contributed by atoms with Crippen molar-refractivity contribution in [3.63, 3.8) is 0 Å². The number of nitrogens with one attached hydrogen (secondary N) is 2. The molecule has 0 aliphatic carbocycles. The van der Waals surface area contributed by atoms with Gasteiger partial charge in [-0.3, -0.25) is 4.79 Å². The van der Waals surface area contributed by atoms with Gasteiger partial charge in [-0.2, -0.15) is 4.98 Å². The quantitative estimate of drug-likeness (QED) is 0.768. The number of pyridine rings is 1. The molecular formula is C19H21N5O. The van der Waals surface area contributed by atoms with Crippen LogP contribution in [0.2, 0.25) is 0 Å². The molecular weight excluding hydrogens is 314 g/mol. The van der Waals surface area contributed by atoms with Crippen molar-refractivity contribution in [2.24, 2.45) is 0 Å². The van der Waals surface area contributed by atoms with E-state index in [0.29, 0.717) is 11.6 Å². The molecule has 3 heterocycles. The Morgan fingerprint density at radius 3 is 2.64 bits per heavy atom. The molecule has 0 unspecified atom stereocenters. The van der Waals surface area contributed by atoms with Gasteiger partial charge in [-0.1, -0.05) is 0 Å². The fourth-order valence-electron chi connectivity index (χ4n) is 3.29. The average Bonchev–Trinajstić information content (AvgIpc) is 2.63. The molecule has 6 nitrogen and oxygen atoms in total. The molecule has 0 atom stereocenters. The standard InChI is InChI=1S/C19H21N5O/c1-13-11-17(25)22-18-16(13)12-20-19(23-18)21-14-5-7-15(8-6-14)24-9-3-2-4-10-24/h5-8,11-12H,2-4,9-10H2,1H3,(H2,20,21,22,23,25). The van der Waals surface area contributed by atoms with Gasteiger partial charge < -0.3 is 15.2 Å². The van der Waals surface area contributed by atoms with Crippen LogP contribution < -0.4 is 15.8 Å². The van der Waals surface area contributed by atoms with Gasteiger partial charge in [0.2, 0.25) is 11.5 Å². The lowest BCUT2D eigenvalue weighted by atomic mass is 10.1. The summed E-state index contributed by atoms with van der Waals surface area (Å²) in [6.45, 7) is 4.15. The van der Waals surface area contributed by atoms with Crippen LogP contribution in [0.1, 0.15) is 24.8 Å². The molecule has 4 rings (SSSR count). The van der Waals surface area contributed by atoms with Crippen molar-refractivity contribution < 1.29 is 0 Å². The summed E-state index contributed by atoms with van der Waals surface area (Å²) in [5.41, 5.74) is 3.45. The van der Waals surface area contributed by atoms with E-state index in [1.54, 1.807) is 12.3 Å². The maximum atomic E-state index is 11.6. The third kappa shape index (κ3) is 3.33. The molecule has 1 saturated heterocycles. The van der Waals surface area contributed by atoms with E-state index in [9.17, 15) is 4.79 Å². The summed E-state index contributed by atoms with van der Waals surface area (Å²) >= 11 is 0. The van der Waals surface area contributed by atoms with Gasteiger partial charge in [0.25, 0.3) is 0 Å². The third-order valence-corrected chi connectivity index (χ3v) is 4.65. The van der Waals surface area contributed by atoms with Crippen LogP contribution in [0.3, 0.4) is 0 Å². The fourth-order valence-corrected chi connectivity index (χ4v) is 3.29. The number of piperidine rings is 1. The van der Waals surface area contributed by atoms with Crippen LogP contribution in [0.15, 0.2) is 41.3 Å². The van der Waals surface area contributed by atoms with Gasteiger partial charge in [-0.25, -0.2) is 4.98 Å². The lowest BCUT2D eigenvalue weighted by molar-refractivity contribution is 0.578. The summed E-state index contributed by atoms with van der Waals surface area (Å²) in [5.74, 6) is 0.472. The van der Waals surface area contributed by atoms with Gasteiger partial charge in [-0.05, 0) is 56.0 Å². The number of aryl methyl sites for hydroxylation is 1. The van der Waals surface area contributed by atoms with Crippen LogP contribution in [0, 0.1) is 6.92 Å². The summed E-state index contributed by atoms with van der Waals surface area (Å²) < 4.78 is 0. The molecule has 2 N–H and O–H groups in total. The number of aromatic nitrogens is 3. The Kier molecular flexibility index (Phi) is 4.09. The summed E-state index contributed by atoms with van der Waals surface area (Å²) in [6.07, 6.45) is 5.60. The smallest absolute Gasteiger partial charge is 0.249 e. The minimum atomic E-state index is -0.152. The molecule has 1 fully saturated rings. The molecule has 0 bridgehead atoms. The second-order valence-electron chi connectivity index (χ2n) is 6.49. The van der Waals surface area contributed by atoms with Crippen LogP contribution in [0.25, 0.3) is 11.0 Å². The molecule has 6 heteroatoms. The summed E-state index contributed by atoms with van der Waals surface area (Å²) in [6, 6.07) is 9.88. The van der Waals surface area contributed by atoms with E-state index in [2.05, 4.69) is 37.3 Å². The largest absolute Gasteiger partial charge is 0.372 e. The van der Waals surface area contributed by atoms with Crippen molar-refractivity contribution in [1.29, 1.82) is 0 Å². The van der Waals surface area contributed by atoms with E-state index in [1.807, 2.05) is 19.1 Å². The Bertz CT molecular complexity index is 942. The predicted octanol–water partition coefficient (Wildman–Crippen LogP) is 3.36. The molecule has 1 aliphatic rings. The number of fused-ring (bicyclic) bond motifs is 1. The first-order chi connectivity index (χ1) is 12.2. The molecule has 0 amide bonds. The van der Waals surface area contributed by atoms with Gasteiger partial charge in [0, 0.05) is 42.1 Å². The highest BCUT2D eigenvalue weighted by molar-refractivity contribution is 5.78. The van der Waals surface area contributed by atoms with Crippen molar-refractivity contribution in [3.05, 3.63) is 52.4 Å². The first-order valence-corrected chi connectivity index (χ1v) is 8.68. The number of rotatable bonds is 3. The highest BCUT2D eigenvalue weighted by Gasteiger charge is 2.11. The summed E-state index contributed by atoms with van der Waals surface area (Å²) in [5, 5.41) is 4.05. The number of nitrogens with zero attached hydrogens (tertiary/aromatic N) is 3. The zero-order valence-corrected chi connectivity index (χ0v) is 14.2. The van der Waals surface area contributed by atoms with Crippen LogP contribution in [-0.4, -0.2) is 28.0 Å². The van der Waals surface area contributed by atoms with Crippen molar-refractivity contribution in [2.45, 2.75) is 26.2 Å². The molecule has 0 spiro atoms. The third-order valence-electron chi connectivity index (χ3n) is 4.65. The molecule has 1 aliphatic heterocycles. The molecule has 128 valence electrons. The van der Waals surface area contributed by atoms with E-state index in [4.69, 9.17) is 0 Å². The van der Waals surface area contributed by atoms with Crippen molar-refractivity contribution >= 4 is 28.4 Å². The van der Waals surface area contributed by atoms with Gasteiger partial charge in [0.1, 0.15) is 5.65 Å². The first kappa shape index (κ1) is 15.6. The maximum absolute atomic E-state index is 11.6. The minimum absolute atomic E-state index is 0.152. The normalized spacial score (nSPS) is 14.7. The number of benzene rings is 1. The summed E-state index contributed by atoms with van der Waals surface area (Å²) in [7, 11) is 0. The van der Waals surface area contributed by atoms with E-state index < -0.39 is 0 Å². The number of H-pyrrole nitrogens is 1. The van der Waals surface area contributed by atoms with Crippen LogP contribution >= 0.6 is 0 Å². The number of hydrogen-bond donors (Lipinski definition) is 2. The Hall–Kier alpha value is -2.89. The Labute approximate surface area is 145 Å². The zero-order chi connectivity index (χ0) is 17.2. The maximum Gasteiger partial charge on any atom is 0.249 e. The van der Waals surface area contributed by atoms with Crippen LogP contribution in [-0.2, 0) is 0 Å². The van der Waals surface area contributed by atoms with Crippen LogP contribution in [0.5, 0.6) is 0 Å². The average molecular weight is 335 g/mol. The Morgan fingerprint density at radius 1 is 1.12 bits per heavy atom. The van der Waals surface area contributed by atoms with E-state index in [0.717, 1.165) is 29.7 Å². The highest BCUT2D eigenvalue weighted by Crippen LogP contribution is 2.23. The SMILES string of the molecule is Cc1cc(=O)[nH]c2nc(Nc3ccc(N4CCCCC4)cc3)ncc12. The first-order valence-electron chi connectivity index (χ1n) is 8.68. The highest BCUT2D eigenvalue weighted by atomic mass is 16.1. The molecule has 2 aromatic heterocycles. The second kappa shape index (κ2) is 6.55.